The fourth-order valence-electron chi connectivity index (χ4n) is 3.54. The zero-order chi connectivity index (χ0) is 20.0. The molecule has 27 heavy (non-hydrogen) atoms. The summed E-state index contributed by atoms with van der Waals surface area (Å²) < 4.78 is 16.4. The van der Waals surface area contributed by atoms with Crippen LogP contribution in [0.2, 0.25) is 0 Å². The van der Waals surface area contributed by atoms with Gasteiger partial charge in [-0.2, -0.15) is 0 Å². The maximum absolute atomic E-state index is 12.9. The molecule has 0 radical (unpaired) electrons. The van der Waals surface area contributed by atoms with Gasteiger partial charge in [0.15, 0.2) is 17.3 Å². The lowest BCUT2D eigenvalue weighted by molar-refractivity contribution is -0.173. The Labute approximate surface area is 158 Å². The van der Waals surface area contributed by atoms with Gasteiger partial charge in [0.25, 0.3) is 0 Å². The first kappa shape index (κ1) is 20.0. The smallest absolute Gasteiger partial charge is 0.341 e. The number of Topliss-reactive ketones (excluding diaryl/α,β-unsaturated/α-hetero) is 1. The highest BCUT2D eigenvalue weighted by atomic mass is 16.7. The van der Waals surface area contributed by atoms with E-state index in [2.05, 4.69) is 0 Å². The van der Waals surface area contributed by atoms with E-state index >= 15 is 0 Å². The summed E-state index contributed by atoms with van der Waals surface area (Å²) in [6.45, 7) is 5.57. The van der Waals surface area contributed by atoms with Gasteiger partial charge in [0.1, 0.15) is 6.61 Å². The first-order valence-electron chi connectivity index (χ1n) is 9.28. The van der Waals surface area contributed by atoms with E-state index in [1.807, 2.05) is 11.9 Å². The predicted octanol–water partition coefficient (Wildman–Crippen LogP) is 0.221. The minimum Gasteiger partial charge on any atom is -0.459 e. The molecule has 5 atom stereocenters. The quantitative estimate of drug-likeness (QED) is 0.469. The molecule has 2 bridgehead atoms. The summed E-state index contributed by atoms with van der Waals surface area (Å²) >= 11 is 0. The zero-order valence-corrected chi connectivity index (χ0v) is 16.2. The second-order valence-corrected chi connectivity index (χ2v) is 8.02. The number of epoxide rings is 1. The zero-order valence-electron chi connectivity index (χ0n) is 16.2. The molecule has 1 N–H and O–H groups in total. The number of carbonyl (C=O) groups excluding carboxylic acids is 3. The summed E-state index contributed by atoms with van der Waals surface area (Å²) in [5.74, 6) is -2.43. The van der Waals surface area contributed by atoms with Gasteiger partial charge in [0, 0.05) is 25.1 Å². The van der Waals surface area contributed by atoms with Crippen LogP contribution in [0.3, 0.4) is 0 Å². The van der Waals surface area contributed by atoms with Crippen LogP contribution < -0.4 is 0 Å². The molecule has 0 aliphatic carbocycles. The first-order valence-corrected chi connectivity index (χ1v) is 9.28. The fraction of sp³-hybridized carbons (Fsp3) is 0.737. The summed E-state index contributed by atoms with van der Waals surface area (Å²) in [5, 5.41) is 10.7. The van der Waals surface area contributed by atoms with Gasteiger partial charge in [0.2, 0.25) is 5.78 Å². The average molecular weight is 381 g/mol. The Morgan fingerprint density at radius 3 is 2.52 bits per heavy atom. The lowest BCUT2D eigenvalue weighted by Gasteiger charge is -2.32. The monoisotopic (exact) mass is 381 g/mol. The fourth-order valence-corrected chi connectivity index (χ4v) is 3.54. The molecule has 3 aliphatic rings. The van der Waals surface area contributed by atoms with Crippen molar-refractivity contribution < 1.29 is 33.7 Å². The van der Waals surface area contributed by atoms with Crippen LogP contribution in [0.25, 0.3) is 0 Å². The summed E-state index contributed by atoms with van der Waals surface area (Å²) in [6.07, 6.45) is 0.756. The van der Waals surface area contributed by atoms with Gasteiger partial charge in [-0.3, -0.25) is 4.79 Å². The van der Waals surface area contributed by atoms with Gasteiger partial charge in [-0.05, 0) is 33.2 Å². The highest BCUT2D eigenvalue weighted by Crippen LogP contribution is 2.45. The number of aliphatic hydroxyl groups is 1. The Hall–Kier alpha value is -1.77. The highest BCUT2D eigenvalue weighted by molar-refractivity contribution is 6.01. The van der Waals surface area contributed by atoms with Crippen LogP contribution in [-0.4, -0.2) is 77.9 Å². The van der Waals surface area contributed by atoms with Crippen molar-refractivity contribution in [2.24, 2.45) is 5.92 Å². The van der Waals surface area contributed by atoms with Crippen molar-refractivity contribution in [3.05, 3.63) is 11.6 Å². The van der Waals surface area contributed by atoms with Gasteiger partial charge in [-0.25, -0.2) is 9.59 Å². The van der Waals surface area contributed by atoms with E-state index in [1.54, 1.807) is 19.9 Å². The maximum Gasteiger partial charge on any atom is 0.341 e. The third-order valence-corrected chi connectivity index (χ3v) is 5.95. The number of likely N-dealkylation sites (N-methyl/N-ethyl adjacent to an activating group) is 1. The van der Waals surface area contributed by atoms with Gasteiger partial charge in [0.05, 0.1) is 6.10 Å². The molecule has 8 heteroatoms. The molecule has 3 rings (SSSR count). The van der Waals surface area contributed by atoms with E-state index in [0.717, 1.165) is 0 Å². The van der Waals surface area contributed by atoms with Crippen LogP contribution in [0.1, 0.15) is 33.6 Å². The third-order valence-electron chi connectivity index (χ3n) is 5.95. The van der Waals surface area contributed by atoms with E-state index in [4.69, 9.17) is 14.2 Å². The molecular formula is C19H27NO7. The summed E-state index contributed by atoms with van der Waals surface area (Å²) in [6, 6.07) is 0. The minimum atomic E-state index is -1.82. The van der Waals surface area contributed by atoms with Crippen LogP contribution in [-0.2, 0) is 28.6 Å². The van der Waals surface area contributed by atoms with E-state index in [9.17, 15) is 19.5 Å². The first-order chi connectivity index (χ1) is 12.6. The van der Waals surface area contributed by atoms with Crippen molar-refractivity contribution >= 4 is 17.7 Å². The van der Waals surface area contributed by atoms with Gasteiger partial charge >= 0.3 is 11.9 Å². The summed E-state index contributed by atoms with van der Waals surface area (Å²) in [5.41, 5.74) is -2.81. The molecule has 150 valence electrons. The maximum atomic E-state index is 12.9. The number of ketones is 1. The summed E-state index contributed by atoms with van der Waals surface area (Å²) in [7, 11) is 1.89. The molecule has 1 unspecified atom stereocenters. The van der Waals surface area contributed by atoms with Crippen LogP contribution in [0, 0.1) is 5.92 Å². The molecule has 0 aromatic carbocycles. The molecule has 1 spiro atoms. The molecule has 0 aromatic heterocycles. The number of cyclic esters (lactones) is 1. The Kier molecular flexibility index (Phi) is 5.18. The van der Waals surface area contributed by atoms with Crippen molar-refractivity contribution in [1.82, 2.24) is 4.90 Å². The summed E-state index contributed by atoms with van der Waals surface area (Å²) in [4.78, 5) is 40.2. The number of esters is 2. The van der Waals surface area contributed by atoms with Gasteiger partial charge in [-0.15, -0.1) is 0 Å². The number of hydrogen-bond donors (Lipinski definition) is 1. The van der Waals surface area contributed by atoms with Crippen LogP contribution in [0.4, 0.5) is 0 Å². The van der Waals surface area contributed by atoms with Gasteiger partial charge < -0.3 is 24.2 Å². The lowest BCUT2D eigenvalue weighted by atomic mass is 9.82. The predicted molar refractivity (Wildman–Crippen MR) is 93.7 cm³/mol. The average Bonchev–Trinajstić information content (AvgIpc) is 3.26. The van der Waals surface area contributed by atoms with Crippen molar-refractivity contribution in [2.45, 2.75) is 57.0 Å². The highest BCUT2D eigenvalue weighted by Gasteiger charge is 2.63. The standard InChI is InChI=1S/C19H27NO7/c1-11-9-19(12(2)27-19)17(23)26-14-6-8-20(4)7-5-13(15(14)21)10-25-16(22)18(11,3)24/h5,11-12,14,24H,6-10H2,1-4H3/b13-5-/t11-,12-,14-,18-,19?/m1/s1. The van der Waals surface area contributed by atoms with Crippen LogP contribution >= 0.6 is 0 Å². The molecule has 3 aliphatic heterocycles. The largest absolute Gasteiger partial charge is 0.459 e. The van der Waals surface area contributed by atoms with E-state index in [1.165, 1.54) is 6.92 Å². The van der Waals surface area contributed by atoms with E-state index in [-0.39, 0.29) is 24.4 Å². The Balaban J connectivity index is 1.97. The van der Waals surface area contributed by atoms with Crippen LogP contribution in [0.15, 0.2) is 11.6 Å². The molecule has 0 aromatic rings. The number of hydrogen-bond acceptors (Lipinski definition) is 8. The molecule has 3 heterocycles. The molecule has 0 amide bonds. The SMILES string of the molecule is C[C@@H]1CC2(O[C@@H]2C)C(=O)O[C@@H]2CCN(C)C/C=C(/COC(=O)[C@]1(C)O)C2=O. The second kappa shape index (κ2) is 7.00. The second-order valence-electron chi connectivity index (χ2n) is 8.02. The molecule has 8 nitrogen and oxygen atoms in total. The minimum absolute atomic E-state index is 0.0958. The number of nitrogens with zero attached hydrogens (tertiary/aromatic N) is 1. The van der Waals surface area contributed by atoms with Crippen molar-refractivity contribution in [2.75, 3.05) is 26.7 Å². The third kappa shape index (κ3) is 3.66. The molecule has 2 saturated heterocycles. The van der Waals surface area contributed by atoms with Crippen LogP contribution in [0.5, 0.6) is 0 Å². The van der Waals surface area contributed by atoms with E-state index in [0.29, 0.717) is 19.5 Å². The Morgan fingerprint density at radius 2 is 1.89 bits per heavy atom. The lowest BCUT2D eigenvalue weighted by Crippen LogP contribution is -2.48. The van der Waals surface area contributed by atoms with Crippen molar-refractivity contribution in [3.8, 4) is 0 Å². The normalized spacial score (nSPS) is 43.4. The van der Waals surface area contributed by atoms with Crippen molar-refractivity contribution in [1.29, 1.82) is 0 Å². The number of fused-ring (bicyclic) bond motifs is 2. The van der Waals surface area contributed by atoms with Gasteiger partial charge in [-0.1, -0.05) is 13.0 Å². The number of carbonyl (C=O) groups is 3. The molecular weight excluding hydrogens is 354 g/mol. The van der Waals surface area contributed by atoms with Crippen molar-refractivity contribution in [3.63, 3.8) is 0 Å². The van der Waals surface area contributed by atoms with E-state index < -0.39 is 41.3 Å². The topological polar surface area (TPSA) is 106 Å². The number of ether oxygens (including phenoxy) is 3. The Morgan fingerprint density at radius 1 is 1.22 bits per heavy atom. The Bertz CT molecular complexity index is 686. The molecule has 0 saturated carbocycles. The number of rotatable bonds is 0. The molecule has 2 fully saturated rings.